The first kappa shape index (κ1) is 14.5. The van der Waals surface area contributed by atoms with Gasteiger partial charge in [-0.15, -0.1) is 0 Å². The SMILES string of the molecule is CC(=CCC[C@@](C)(O)c1ccc(C)cc1)C(=O)O. The smallest absolute Gasteiger partial charge is 0.330 e. The number of carboxylic acids is 1. The lowest BCUT2D eigenvalue weighted by Crippen LogP contribution is -2.20. The normalized spacial score (nSPS) is 15.2. The molecule has 0 aliphatic heterocycles. The molecule has 0 heterocycles. The highest BCUT2D eigenvalue weighted by Gasteiger charge is 2.21. The monoisotopic (exact) mass is 248 g/mol. The fraction of sp³-hybridized carbons (Fsp3) is 0.400. The highest BCUT2D eigenvalue weighted by Crippen LogP contribution is 2.26. The van der Waals surface area contributed by atoms with Gasteiger partial charge in [0.2, 0.25) is 0 Å². The van der Waals surface area contributed by atoms with Gasteiger partial charge in [-0.25, -0.2) is 4.79 Å². The molecule has 0 aliphatic carbocycles. The molecule has 2 N–H and O–H groups in total. The van der Waals surface area contributed by atoms with Crippen LogP contribution in [0.4, 0.5) is 0 Å². The summed E-state index contributed by atoms with van der Waals surface area (Å²) in [6.45, 7) is 5.31. The van der Waals surface area contributed by atoms with Crippen molar-refractivity contribution >= 4 is 5.97 Å². The van der Waals surface area contributed by atoms with E-state index in [0.29, 0.717) is 18.4 Å². The molecule has 1 aromatic rings. The molecule has 0 saturated heterocycles. The van der Waals surface area contributed by atoms with E-state index in [2.05, 4.69) is 0 Å². The van der Waals surface area contributed by atoms with Crippen molar-refractivity contribution in [2.45, 2.75) is 39.2 Å². The van der Waals surface area contributed by atoms with Gasteiger partial charge in [0, 0.05) is 5.57 Å². The zero-order chi connectivity index (χ0) is 13.8. The average Bonchev–Trinajstić information content (AvgIpc) is 2.29. The van der Waals surface area contributed by atoms with Gasteiger partial charge < -0.3 is 10.2 Å². The van der Waals surface area contributed by atoms with Crippen LogP contribution in [0.1, 0.15) is 37.8 Å². The summed E-state index contributed by atoms with van der Waals surface area (Å²) < 4.78 is 0. The topological polar surface area (TPSA) is 57.5 Å². The second kappa shape index (κ2) is 5.83. The van der Waals surface area contributed by atoms with Crippen molar-refractivity contribution in [3.8, 4) is 0 Å². The summed E-state index contributed by atoms with van der Waals surface area (Å²) in [6.07, 6.45) is 2.69. The third-order valence-electron chi connectivity index (χ3n) is 3.09. The van der Waals surface area contributed by atoms with Crippen molar-refractivity contribution in [2.24, 2.45) is 0 Å². The maximum Gasteiger partial charge on any atom is 0.330 e. The number of carboxylic acid groups (broad SMARTS) is 1. The predicted molar refractivity (Wildman–Crippen MR) is 71.4 cm³/mol. The number of allylic oxidation sites excluding steroid dienone is 1. The molecule has 0 bridgehead atoms. The van der Waals surface area contributed by atoms with Crippen LogP contribution < -0.4 is 0 Å². The third-order valence-corrected chi connectivity index (χ3v) is 3.09. The quantitative estimate of drug-likeness (QED) is 0.787. The van der Waals surface area contributed by atoms with Gasteiger partial charge in [-0.1, -0.05) is 35.9 Å². The molecule has 0 spiro atoms. The molecule has 3 nitrogen and oxygen atoms in total. The van der Waals surface area contributed by atoms with Gasteiger partial charge in [0.05, 0.1) is 5.60 Å². The first-order valence-electron chi connectivity index (χ1n) is 6.02. The van der Waals surface area contributed by atoms with Crippen LogP contribution in [-0.2, 0) is 10.4 Å². The molecule has 0 fully saturated rings. The number of aryl methyl sites for hydroxylation is 1. The Balaban J connectivity index is 2.68. The van der Waals surface area contributed by atoms with Crippen LogP contribution in [0.5, 0.6) is 0 Å². The number of aliphatic hydroxyl groups is 1. The summed E-state index contributed by atoms with van der Waals surface area (Å²) >= 11 is 0. The van der Waals surface area contributed by atoms with E-state index in [4.69, 9.17) is 5.11 Å². The van der Waals surface area contributed by atoms with Gasteiger partial charge in [-0.2, -0.15) is 0 Å². The van der Waals surface area contributed by atoms with Crippen molar-refractivity contribution in [3.63, 3.8) is 0 Å². The molecule has 1 atom stereocenters. The van der Waals surface area contributed by atoms with E-state index in [1.807, 2.05) is 31.2 Å². The molecule has 18 heavy (non-hydrogen) atoms. The summed E-state index contributed by atoms with van der Waals surface area (Å²) in [5.74, 6) is -0.912. The fourth-order valence-corrected chi connectivity index (χ4v) is 1.71. The lowest BCUT2D eigenvalue weighted by atomic mass is 9.90. The molecule has 3 heteroatoms. The van der Waals surface area contributed by atoms with Crippen LogP contribution in [0.25, 0.3) is 0 Å². The minimum atomic E-state index is -0.928. The third kappa shape index (κ3) is 4.00. The Morgan fingerprint density at radius 2 is 1.89 bits per heavy atom. The number of carbonyl (C=O) groups is 1. The molecular formula is C15H20O3. The van der Waals surface area contributed by atoms with Crippen LogP contribution in [0, 0.1) is 6.92 Å². The van der Waals surface area contributed by atoms with Gasteiger partial charge in [0.15, 0.2) is 0 Å². The van der Waals surface area contributed by atoms with Crippen molar-refractivity contribution in [3.05, 3.63) is 47.0 Å². The standard InChI is InChI=1S/C15H20O3/c1-11-6-8-13(9-7-11)15(3,18)10-4-5-12(2)14(16)17/h5-9,18H,4,10H2,1-3H3,(H,16,17)/t15-/m1/s1. The van der Waals surface area contributed by atoms with Crippen LogP contribution >= 0.6 is 0 Å². The summed E-state index contributed by atoms with van der Waals surface area (Å²) in [6, 6.07) is 7.73. The minimum absolute atomic E-state index is 0.315. The molecule has 0 aromatic heterocycles. The number of aliphatic carboxylic acids is 1. The lowest BCUT2D eigenvalue weighted by molar-refractivity contribution is -0.132. The lowest BCUT2D eigenvalue weighted by Gasteiger charge is -2.23. The Morgan fingerprint density at radius 1 is 1.33 bits per heavy atom. The zero-order valence-corrected chi connectivity index (χ0v) is 11.1. The second-order valence-corrected chi connectivity index (χ2v) is 4.87. The fourth-order valence-electron chi connectivity index (χ4n) is 1.71. The second-order valence-electron chi connectivity index (χ2n) is 4.87. The molecule has 0 amide bonds. The van der Waals surface area contributed by atoms with Crippen molar-refractivity contribution in [1.82, 2.24) is 0 Å². The van der Waals surface area contributed by atoms with Gasteiger partial charge >= 0.3 is 5.97 Å². The molecule has 0 unspecified atom stereocenters. The highest BCUT2D eigenvalue weighted by molar-refractivity contribution is 5.85. The number of hydrogen-bond acceptors (Lipinski definition) is 2. The molecule has 0 aliphatic rings. The molecule has 0 radical (unpaired) electrons. The van der Waals surface area contributed by atoms with Crippen LogP contribution in [0.15, 0.2) is 35.9 Å². The number of benzene rings is 1. The van der Waals surface area contributed by atoms with E-state index in [1.54, 1.807) is 19.9 Å². The van der Waals surface area contributed by atoms with Crippen LogP contribution in [-0.4, -0.2) is 16.2 Å². The summed E-state index contributed by atoms with van der Waals surface area (Å²) in [5, 5.41) is 19.1. The zero-order valence-electron chi connectivity index (χ0n) is 11.1. The van der Waals surface area contributed by atoms with Crippen LogP contribution in [0.2, 0.25) is 0 Å². The molecule has 1 aromatic carbocycles. The van der Waals surface area contributed by atoms with Gasteiger partial charge in [0.25, 0.3) is 0 Å². The predicted octanol–water partition coefficient (Wildman–Crippen LogP) is 3.01. The van der Waals surface area contributed by atoms with E-state index < -0.39 is 11.6 Å². The summed E-state index contributed by atoms with van der Waals surface area (Å²) in [7, 11) is 0. The molecule has 98 valence electrons. The number of hydrogen-bond donors (Lipinski definition) is 2. The largest absolute Gasteiger partial charge is 0.478 e. The Morgan fingerprint density at radius 3 is 2.39 bits per heavy atom. The maximum absolute atomic E-state index is 10.6. The highest BCUT2D eigenvalue weighted by atomic mass is 16.4. The Bertz CT molecular complexity index is 441. The van der Waals surface area contributed by atoms with E-state index >= 15 is 0 Å². The van der Waals surface area contributed by atoms with E-state index in [1.165, 1.54) is 0 Å². The molecule has 0 saturated carbocycles. The summed E-state index contributed by atoms with van der Waals surface area (Å²) in [5.41, 5.74) is 1.39. The Kier molecular flexibility index (Phi) is 4.68. The molecular weight excluding hydrogens is 228 g/mol. The van der Waals surface area contributed by atoms with E-state index in [-0.39, 0.29) is 0 Å². The summed E-state index contributed by atoms with van der Waals surface area (Å²) in [4.78, 5) is 10.6. The first-order valence-corrected chi connectivity index (χ1v) is 6.02. The van der Waals surface area contributed by atoms with Gasteiger partial charge in [-0.3, -0.25) is 0 Å². The van der Waals surface area contributed by atoms with Crippen LogP contribution in [0.3, 0.4) is 0 Å². The van der Waals surface area contributed by atoms with Crippen molar-refractivity contribution < 1.29 is 15.0 Å². The van der Waals surface area contributed by atoms with E-state index in [9.17, 15) is 9.90 Å². The Labute approximate surface area is 108 Å². The maximum atomic E-state index is 10.6. The van der Waals surface area contributed by atoms with Crippen molar-refractivity contribution in [2.75, 3.05) is 0 Å². The first-order chi connectivity index (χ1) is 8.33. The average molecular weight is 248 g/mol. The van der Waals surface area contributed by atoms with Crippen molar-refractivity contribution in [1.29, 1.82) is 0 Å². The molecule has 1 rings (SSSR count). The van der Waals surface area contributed by atoms with Gasteiger partial charge in [-0.05, 0) is 39.2 Å². The minimum Gasteiger partial charge on any atom is -0.478 e. The van der Waals surface area contributed by atoms with E-state index in [0.717, 1.165) is 11.1 Å². The van der Waals surface area contributed by atoms with Gasteiger partial charge in [0.1, 0.15) is 0 Å². The Hall–Kier alpha value is -1.61. The number of rotatable bonds is 5.